The van der Waals surface area contributed by atoms with Gasteiger partial charge in [0.2, 0.25) is 0 Å². The quantitative estimate of drug-likeness (QED) is 0.627. The van der Waals surface area contributed by atoms with Crippen molar-refractivity contribution in [3.63, 3.8) is 0 Å². The summed E-state index contributed by atoms with van der Waals surface area (Å²) in [6.45, 7) is 0. The van der Waals surface area contributed by atoms with Gasteiger partial charge in [-0.3, -0.25) is 5.73 Å². The van der Waals surface area contributed by atoms with Gasteiger partial charge in [-0.15, -0.1) is 0 Å². The summed E-state index contributed by atoms with van der Waals surface area (Å²) < 4.78 is 4.47. The Bertz CT molecular complexity index is 312. The first-order chi connectivity index (χ1) is 5.65. The Balaban J connectivity index is 3.05. The van der Waals surface area contributed by atoms with E-state index in [0.717, 1.165) is 0 Å². The van der Waals surface area contributed by atoms with Crippen LogP contribution in [0.5, 0.6) is 0 Å². The maximum atomic E-state index is 10.9. The van der Waals surface area contributed by atoms with Crippen LogP contribution in [0.25, 0.3) is 0 Å². The molecule has 0 aliphatic rings. The molecule has 0 saturated carbocycles. The highest BCUT2D eigenvalue weighted by molar-refractivity contribution is 6.33. The number of hydrogen-bond donors (Lipinski definition) is 0. The largest absolute Gasteiger partial charge is 0.465 e. The summed E-state index contributed by atoms with van der Waals surface area (Å²) in [6, 6.07) is 4.37. The lowest BCUT2D eigenvalue weighted by molar-refractivity contribution is 0.0601. The van der Waals surface area contributed by atoms with Gasteiger partial charge in [0.15, 0.2) is 0 Å². The minimum atomic E-state index is -0.447. The van der Waals surface area contributed by atoms with Crippen molar-refractivity contribution in [3.05, 3.63) is 28.8 Å². The van der Waals surface area contributed by atoms with Gasteiger partial charge in [0.25, 0.3) is 0 Å². The molecule has 0 unspecified atom stereocenters. The second-order valence-electron chi connectivity index (χ2n) is 2.19. The Kier molecular flexibility index (Phi) is 2.55. The molecule has 4 heteroatoms. The number of halogens is 1. The Morgan fingerprint density at radius 2 is 2.25 bits per heavy atom. The molecular formula is C8H7ClNO2. The van der Waals surface area contributed by atoms with Crippen LogP contribution in [-0.2, 0) is 4.74 Å². The highest BCUT2D eigenvalue weighted by atomic mass is 35.5. The molecule has 0 heterocycles. The monoisotopic (exact) mass is 184 g/mol. The molecule has 0 aromatic heterocycles. The fraction of sp³-hybridized carbons (Fsp3) is 0.125. The zero-order valence-electron chi connectivity index (χ0n) is 6.43. The van der Waals surface area contributed by atoms with Crippen molar-refractivity contribution in [2.45, 2.75) is 0 Å². The molecule has 0 amide bonds. The molecule has 1 rings (SSSR count). The van der Waals surface area contributed by atoms with E-state index < -0.39 is 5.97 Å². The van der Waals surface area contributed by atoms with Gasteiger partial charge in [0.1, 0.15) is 0 Å². The fourth-order valence-electron chi connectivity index (χ4n) is 0.760. The van der Waals surface area contributed by atoms with E-state index in [1.54, 1.807) is 0 Å². The number of carbonyl (C=O) groups is 1. The maximum Gasteiger partial charge on any atom is 0.337 e. The Morgan fingerprint density at radius 3 is 2.75 bits per heavy atom. The fourth-order valence-corrected chi connectivity index (χ4v) is 0.940. The Morgan fingerprint density at radius 1 is 1.58 bits per heavy atom. The number of benzene rings is 1. The second kappa shape index (κ2) is 3.45. The highest BCUT2D eigenvalue weighted by Gasteiger charge is 2.06. The summed E-state index contributed by atoms with van der Waals surface area (Å²) in [4.78, 5) is 10.9. The van der Waals surface area contributed by atoms with E-state index in [0.29, 0.717) is 5.56 Å². The van der Waals surface area contributed by atoms with Gasteiger partial charge >= 0.3 is 5.97 Å². The smallest absolute Gasteiger partial charge is 0.337 e. The summed E-state index contributed by atoms with van der Waals surface area (Å²) in [7, 11) is 1.30. The lowest BCUT2D eigenvalue weighted by atomic mass is 10.2. The van der Waals surface area contributed by atoms with E-state index in [2.05, 4.69) is 4.74 Å². The molecule has 1 radical (unpaired) electrons. The summed E-state index contributed by atoms with van der Waals surface area (Å²) in [6.07, 6.45) is 0. The normalized spacial score (nSPS) is 9.50. The standard InChI is InChI=1S/C8H7ClNO2/c1-12-8(11)5-2-3-7(10)6(9)4-5/h2-4,10H,1H3. The van der Waals surface area contributed by atoms with Crippen LogP contribution in [0, 0.1) is 0 Å². The first-order valence-corrected chi connectivity index (χ1v) is 3.62. The van der Waals surface area contributed by atoms with Gasteiger partial charge in [0.05, 0.1) is 23.4 Å². The molecule has 0 atom stereocenters. The van der Waals surface area contributed by atoms with Gasteiger partial charge in [0, 0.05) is 0 Å². The topological polar surface area (TPSA) is 50.1 Å². The Labute approximate surface area is 75.1 Å². The summed E-state index contributed by atoms with van der Waals surface area (Å²) in [5.41, 5.74) is 7.79. The third kappa shape index (κ3) is 1.68. The number of ether oxygens (including phenoxy) is 1. The minimum absolute atomic E-state index is 0.198. The zero-order valence-corrected chi connectivity index (χ0v) is 7.18. The molecule has 12 heavy (non-hydrogen) atoms. The van der Waals surface area contributed by atoms with Crippen LogP contribution in [0.3, 0.4) is 0 Å². The van der Waals surface area contributed by atoms with E-state index in [9.17, 15) is 4.79 Å². The van der Waals surface area contributed by atoms with Crippen LogP contribution in [0.1, 0.15) is 10.4 Å². The maximum absolute atomic E-state index is 10.9. The third-order valence-corrected chi connectivity index (χ3v) is 1.70. The van der Waals surface area contributed by atoms with Crippen LogP contribution in [0.15, 0.2) is 18.2 Å². The van der Waals surface area contributed by atoms with Crippen molar-refractivity contribution in [1.82, 2.24) is 5.73 Å². The number of hydrogen-bond acceptors (Lipinski definition) is 2. The number of esters is 1. The molecule has 0 saturated heterocycles. The first-order valence-electron chi connectivity index (χ1n) is 3.24. The Hall–Kier alpha value is -1.22. The van der Waals surface area contributed by atoms with Crippen LogP contribution < -0.4 is 5.73 Å². The summed E-state index contributed by atoms with van der Waals surface area (Å²) in [5, 5.41) is 0.248. The van der Waals surface area contributed by atoms with Crippen molar-refractivity contribution in [2.24, 2.45) is 0 Å². The van der Waals surface area contributed by atoms with Crippen LogP contribution in [-0.4, -0.2) is 13.1 Å². The van der Waals surface area contributed by atoms with Gasteiger partial charge in [-0.1, -0.05) is 11.6 Å². The number of nitrogens with one attached hydrogen (secondary N) is 1. The van der Waals surface area contributed by atoms with Crippen LogP contribution in [0.4, 0.5) is 5.69 Å². The molecular weight excluding hydrogens is 178 g/mol. The van der Waals surface area contributed by atoms with Gasteiger partial charge in [-0.2, -0.15) is 0 Å². The molecule has 0 aliphatic carbocycles. The third-order valence-electron chi connectivity index (χ3n) is 1.39. The van der Waals surface area contributed by atoms with Gasteiger partial charge in [-0.25, -0.2) is 4.79 Å². The van der Waals surface area contributed by atoms with E-state index in [1.807, 2.05) is 0 Å². The van der Waals surface area contributed by atoms with Crippen molar-refractivity contribution < 1.29 is 9.53 Å². The minimum Gasteiger partial charge on any atom is -0.465 e. The first kappa shape index (κ1) is 8.87. The molecule has 1 aromatic rings. The van der Waals surface area contributed by atoms with Crippen LogP contribution >= 0.6 is 11.6 Å². The summed E-state index contributed by atoms with van der Waals surface area (Å²) in [5.74, 6) is -0.447. The van der Waals surface area contributed by atoms with Gasteiger partial charge in [-0.05, 0) is 18.2 Å². The predicted molar refractivity (Wildman–Crippen MR) is 45.5 cm³/mol. The molecule has 0 bridgehead atoms. The van der Waals surface area contributed by atoms with Crippen LogP contribution in [0.2, 0.25) is 5.02 Å². The summed E-state index contributed by atoms with van der Waals surface area (Å²) >= 11 is 5.62. The molecule has 0 aliphatic heterocycles. The molecule has 63 valence electrons. The number of methoxy groups -OCH3 is 1. The van der Waals surface area contributed by atoms with Crippen molar-refractivity contribution in [3.8, 4) is 0 Å². The average Bonchev–Trinajstić information content (AvgIpc) is 2.08. The molecule has 0 spiro atoms. The second-order valence-corrected chi connectivity index (χ2v) is 2.59. The number of rotatable bonds is 1. The lowest BCUT2D eigenvalue weighted by Crippen LogP contribution is -2.00. The zero-order chi connectivity index (χ0) is 9.14. The van der Waals surface area contributed by atoms with E-state index in [1.165, 1.54) is 25.3 Å². The van der Waals surface area contributed by atoms with E-state index >= 15 is 0 Å². The van der Waals surface area contributed by atoms with Crippen molar-refractivity contribution in [1.29, 1.82) is 0 Å². The van der Waals surface area contributed by atoms with Crippen molar-refractivity contribution >= 4 is 23.3 Å². The van der Waals surface area contributed by atoms with E-state index in [4.69, 9.17) is 17.3 Å². The van der Waals surface area contributed by atoms with Gasteiger partial charge < -0.3 is 4.74 Å². The number of carbonyl (C=O) groups excluding carboxylic acids is 1. The molecule has 0 fully saturated rings. The average molecular weight is 185 g/mol. The molecule has 1 N–H and O–H groups in total. The molecule has 1 aromatic carbocycles. The lowest BCUT2D eigenvalue weighted by Gasteiger charge is -2.00. The predicted octanol–water partition coefficient (Wildman–Crippen LogP) is 2.04. The molecule has 3 nitrogen and oxygen atoms in total. The highest BCUT2D eigenvalue weighted by Crippen LogP contribution is 2.21. The van der Waals surface area contributed by atoms with Crippen molar-refractivity contribution in [2.75, 3.05) is 7.11 Å². The van der Waals surface area contributed by atoms with E-state index in [-0.39, 0.29) is 10.7 Å². The SMILES string of the molecule is COC(=O)c1ccc([NH])c(Cl)c1.